The smallest absolute Gasteiger partial charge is 0.191 e. The molecule has 1 aromatic carbocycles. The summed E-state index contributed by atoms with van der Waals surface area (Å²) in [5.41, 5.74) is 2.46. The number of benzene rings is 1. The Bertz CT molecular complexity index is 450. The van der Waals surface area contributed by atoms with Gasteiger partial charge in [0.25, 0.3) is 0 Å². The summed E-state index contributed by atoms with van der Waals surface area (Å²) < 4.78 is 5.22. The number of nitrogens with zero attached hydrogens (tertiary/aromatic N) is 1. The number of hydrogen-bond acceptors (Lipinski definition) is 2. The largest absolute Gasteiger partial charge is 0.380 e. The van der Waals surface area contributed by atoms with Gasteiger partial charge in [-0.25, -0.2) is 0 Å². The molecule has 0 aromatic heterocycles. The van der Waals surface area contributed by atoms with Crippen molar-refractivity contribution in [3.05, 3.63) is 35.4 Å². The molecule has 1 saturated carbocycles. The fourth-order valence-corrected chi connectivity index (χ4v) is 2.10. The van der Waals surface area contributed by atoms with Crippen LogP contribution in [-0.2, 0) is 17.9 Å². The number of halogens is 1. The number of ether oxygens (including phenoxy) is 1. The Morgan fingerprint density at radius 2 is 2.00 bits per heavy atom. The minimum Gasteiger partial charge on any atom is -0.380 e. The summed E-state index contributed by atoms with van der Waals surface area (Å²) in [6.45, 7) is 3.66. The maximum Gasteiger partial charge on any atom is 0.191 e. The second-order valence-corrected chi connectivity index (χ2v) is 5.09. The number of methoxy groups -OCH3 is 1. The fourth-order valence-electron chi connectivity index (χ4n) is 2.10. The molecule has 1 aliphatic rings. The zero-order valence-corrected chi connectivity index (χ0v) is 14.7. The Kier molecular flexibility index (Phi) is 7.29. The summed E-state index contributed by atoms with van der Waals surface area (Å²) in [5.74, 6) is 1.64. The van der Waals surface area contributed by atoms with Gasteiger partial charge < -0.3 is 15.4 Å². The molecule has 0 bridgehead atoms. The molecule has 0 heterocycles. The maximum absolute atomic E-state index is 5.22. The molecule has 0 radical (unpaired) electrons. The SMILES string of the molecule is CN=C(NCc1ccccc1COC)NC1CC1C.I. The lowest BCUT2D eigenvalue weighted by Gasteiger charge is -2.13. The first kappa shape index (κ1) is 17.2. The molecule has 2 unspecified atom stereocenters. The number of rotatable bonds is 5. The quantitative estimate of drug-likeness (QED) is 0.462. The third-order valence-corrected chi connectivity index (χ3v) is 3.52. The van der Waals surface area contributed by atoms with E-state index in [4.69, 9.17) is 4.74 Å². The summed E-state index contributed by atoms with van der Waals surface area (Å²) in [5, 5.41) is 6.78. The van der Waals surface area contributed by atoms with Crippen LogP contribution in [0.4, 0.5) is 0 Å². The summed E-state index contributed by atoms with van der Waals surface area (Å²) in [7, 11) is 3.53. The van der Waals surface area contributed by atoms with Crippen LogP contribution in [0.1, 0.15) is 24.5 Å². The van der Waals surface area contributed by atoms with Crippen LogP contribution in [0.15, 0.2) is 29.3 Å². The monoisotopic (exact) mass is 389 g/mol. The van der Waals surface area contributed by atoms with E-state index < -0.39 is 0 Å². The van der Waals surface area contributed by atoms with Crippen LogP contribution in [0, 0.1) is 5.92 Å². The predicted molar refractivity (Wildman–Crippen MR) is 93.5 cm³/mol. The molecule has 2 atom stereocenters. The first-order valence-corrected chi connectivity index (χ1v) is 6.77. The minimum absolute atomic E-state index is 0. The minimum atomic E-state index is 0. The molecule has 0 saturated heterocycles. The molecule has 4 nitrogen and oxygen atoms in total. The predicted octanol–water partition coefficient (Wildman–Crippen LogP) is 2.52. The zero-order chi connectivity index (χ0) is 13.7. The summed E-state index contributed by atoms with van der Waals surface area (Å²) in [4.78, 5) is 4.26. The van der Waals surface area contributed by atoms with Crippen LogP contribution in [0.5, 0.6) is 0 Å². The summed E-state index contributed by atoms with van der Waals surface area (Å²) >= 11 is 0. The Labute approximate surface area is 138 Å². The number of aliphatic imine (C=N–C) groups is 1. The molecule has 5 heteroatoms. The molecule has 0 spiro atoms. The molecule has 20 heavy (non-hydrogen) atoms. The van der Waals surface area contributed by atoms with Gasteiger partial charge in [-0.2, -0.15) is 0 Å². The number of hydrogen-bond donors (Lipinski definition) is 2. The molecule has 1 aliphatic carbocycles. The van der Waals surface area contributed by atoms with Crippen molar-refractivity contribution in [3.63, 3.8) is 0 Å². The van der Waals surface area contributed by atoms with Crippen molar-refractivity contribution >= 4 is 29.9 Å². The Hall–Kier alpha value is -0.820. The third-order valence-electron chi connectivity index (χ3n) is 3.52. The molecule has 2 rings (SSSR count). The average Bonchev–Trinajstić information content (AvgIpc) is 3.12. The van der Waals surface area contributed by atoms with Crippen LogP contribution in [0.2, 0.25) is 0 Å². The van der Waals surface area contributed by atoms with E-state index in [-0.39, 0.29) is 24.0 Å². The van der Waals surface area contributed by atoms with E-state index in [0.29, 0.717) is 12.6 Å². The van der Waals surface area contributed by atoms with Crippen LogP contribution >= 0.6 is 24.0 Å². The number of guanidine groups is 1. The van der Waals surface area contributed by atoms with Gasteiger partial charge in [0.05, 0.1) is 6.61 Å². The van der Waals surface area contributed by atoms with Crippen molar-refractivity contribution < 1.29 is 4.74 Å². The van der Waals surface area contributed by atoms with Crippen molar-refractivity contribution in [1.29, 1.82) is 0 Å². The number of nitrogens with one attached hydrogen (secondary N) is 2. The van der Waals surface area contributed by atoms with E-state index in [9.17, 15) is 0 Å². The second kappa shape index (κ2) is 8.46. The van der Waals surface area contributed by atoms with Crippen molar-refractivity contribution in [1.82, 2.24) is 10.6 Å². The Balaban J connectivity index is 0.00000200. The van der Waals surface area contributed by atoms with Gasteiger partial charge >= 0.3 is 0 Å². The van der Waals surface area contributed by atoms with E-state index in [0.717, 1.165) is 18.4 Å². The van der Waals surface area contributed by atoms with Crippen molar-refractivity contribution in [2.45, 2.75) is 32.5 Å². The lowest BCUT2D eigenvalue weighted by atomic mass is 10.1. The topological polar surface area (TPSA) is 45.7 Å². The molecule has 0 amide bonds. The third kappa shape index (κ3) is 4.94. The van der Waals surface area contributed by atoms with E-state index >= 15 is 0 Å². The Morgan fingerprint density at radius 1 is 1.35 bits per heavy atom. The second-order valence-electron chi connectivity index (χ2n) is 5.09. The van der Waals surface area contributed by atoms with Crippen LogP contribution in [0.25, 0.3) is 0 Å². The van der Waals surface area contributed by atoms with Crippen molar-refractivity contribution in [3.8, 4) is 0 Å². The first-order valence-electron chi connectivity index (χ1n) is 6.77. The van der Waals surface area contributed by atoms with Gasteiger partial charge in [0.1, 0.15) is 0 Å². The van der Waals surface area contributed by atoms with Crippen LogP contribution in [0.3, 0.4) is 0 Å². The van der Waals surface area contributed by atoms with E-state index in [2.05, 4.69) is 40.7 Å². The maximum atomic E-state index is 5.22. The van der Waals surface area contributed by atoms with E-state index in [1.807, 2.05) is 13.1 Å². The van der Waals surface area contributed by atoms with Gasteiger partial charge in [-0.3, -0.25) is 4.99 Å². The van der Waals surface area contributed by atoms with Gasteiger partial charge in [-0.1, -0.05) is 31.2 Å². The lowest BCUT2D eigenvalue weighted by Crippen LogP contribution is -2.38. The molecule has 1 aromatic rings. The van der Waals surface area contributed by atoms with Crippen LogP contribution < -0.4 is 10.6 Å². The molecular weight excluding hydrogens is 365 g/mol. The van der Waals surface area contributed by atoms with E-state index in [1.54, 1.807) is 7.11 Å². The molecule has 1 fully saturated rings. The van der Waals surface area contributed by atoms with E-state index in [1.165, 1.54) is 17.5 Å². The van der Waals surface area contributed by atoms with Crippen molar-refractivity contribution in [2.75, 3.05) is 14.2 Å². The average molecular weight is 389 g/mol. The highest BCUT2D eigenvalue weighted by atomic mass is 127. The van der Waals surface area contributed by atoms with Gasteiger partial charge in [0, 0.05) is 26.7 Å². The highest BCUT2D eigenvalue weighted by Gasteiger charge is 2.33. The molecule has 112 valence electrons. The normalized spacial score (nSPS) is 21.1. The first-order chi connectivity index (χ1) is 9.24. The molecule has 0 aliphatic heterocycles. The van der Waals surface area contributed by atoms with Crippen molar-refractivity contribution in [2.24, 2.45) is 10.9 Å². The lowest BCUT2D eigenvalue weighted by molar-refractivity contribution is 0.184. The van der Waals surface area contributed by atoms with Gasteiger partial charge in [-0.15, -0.1) is 24.0 Å². The van der Waals surface area contributed by atoms with Gasteiger partial charge in [-0.05, 0) is 23.5 Å². The highest BCUT2D eigenvalue weighted by Crippen LogP contribution is 2.28. The summed E-state index contributed by atoms with van der Waals surface area (Å²) in [6.07, 6.45) is 1.24. The summed E-state index contributed by atoms with van der Waals surface area (Å²) in [6, 6.07) is 8.89. The highest BCUT2D eigenvalue weighted by molar-refractivity contribution is 14.0. The van der Waals surface area contributed by atoms with Gasteiger partial charge in [0.2, 0.25) is 0 Å². The van der Waals surface area contributed by atoms with Crippen LogP contribution in [-0.4, -0.2) is 26.2 Å². The zero-order valence-electron chi connectivity index (χ0n) is 12.3. The molecule has 2 N–H and O–H groups in total. The molecular formula is C15H24IN3O. The standard InChI is InChI=1S/C15H23N3O.HI/c1-11-8-14(11)18-15(16-2)17-9-12-6-4-5-7-13(12)10-19-3;/h4-7,11,14H,8-10H2,1-3H3,(H2,16,17,18);1H. The fraction of sp³-hybridized carbons (Fsp3) is 0.533. The Morgan fingerprint density at radius 3 is 2.55 bits per heavy atom. The van der Waals surface area contributed by atoms with Gasteiger partial charge in [0.15, 0.2) is 5.96 Å².